The maximum absolute atomic E-state index is 10.9. The number of aromatic nitrogens is 2. The summed E-state index contributed by atoms with van der Waals surface area (Å²) in [6.07, 6.45) is 3.35. The molecular weight excluding hydrogens is 192 g/mol. The van der Waals surface area contributed by atoms with Crippen molar-refractivity contribution in [1.82, 2.24) is 20.4 Å². The lowest BCUT2D eigenvalue weighted by molar-refractivity contribution is -0.119. The molecule has 1 amide bonds. The molecule has 0 aliphatic carbocycles. The smallest absolute Gasteiger partial charge is 0.221 e. The van der Waals surface area contributed by atoms with Gasteiger partial charge in [0.15, 0.2) is 0 Å². The molecule has 1 unspecified atom stereocenters. The zero-order chi connectivity index (χ0) is 10.7. The number of rotatable bonds is 4. The molecule has 5 nitrogen and oxygen atoms in total. The van der Waals surface area contributed by atoms with Crippen LogP contribution in [0.3, 0.4) is 0 Å². The zero-order valence-electron chi connectivity index (χ0n) is 8.86. The SMILES string of the molecule is Cn1nccc1CCNC1CNC(=O)C1. The van der Waals surface area contributed by atoms with E-state index in [1.54, 1.807) is 6.20 Å². The molecule has 0 saturated carbocycles. The molecule has 0 spiro atoms. The molecule has 82 valence electrons. The van der Waals surface area contributed by atoms with Crippen LogP contribution in [-0.2, 0) is 18.3 Å². The van der Waals surface area contributed by atoms with Crippen molar-refractivity contribution < 1.29 is 4.79 Å². The standard InChI is InChI=1S/C10H16N4O/c1-14-9(3-5-13-14)2-4-11-8-6-10(15)12-7-8/h3,5,8,11H,2,4,6-7H2,1H3,(H,12,15). The largest absolute Gasteiger partial charge is 0.354 e. The molecule has 1 fully saturated rings. The van der Waals surface area contributed by atoms with Crippen molar-refractivity contribution in [3.8, 4) is 0 Å². The van der Waals surface area contributed by atoms with Crippen molar-refractivity contribution >= 4 is 5.91 Å². The van der Waals surface area contributed by atoms with E-state index in [1.807, 2.05) is 17.8 Å². The van der Waals surface area contributed by atoms with Gasteiger partial charge in [0.05, 0.1) is 0 Å². The van der Waals surface area contributed by atoms with Gasteiger partial charge in [-0.3, -0.25) is 9.48 Å². The van der Waals surface area contributed by atoms with Crippen molar-refractivity contribution in [3.63, 3.8) is 0 Å². The summed E-state index contributed by atoms with van der Waals surface area (Å²) in [6.45, 7) is 1.64. The molecule has 2 heterocycles. The normalized spacial score (nSPS) is 20.6. The van der Waals surface area contributed by atoms with Crippen molar-refractivity contribution in [3.05, 3.63) is 18.0 Å². The summed E-state index contributed by atoms with van der Waals surface area (Å²) in [4.78, 5) is 10.9. The summed E-state index contributed by atoms with van der Waals surface area (Å²) < 4.78 is 1.87. The van der Waals surface area contributed by atoms with Gasteiger partial charge in [0.1, 0.15) is 0 Å². The molecule has 5 heteroatoms. The van der Waals surface area contributed by atoms with Crippen LogP contribution in [-0.4, -0.2) is 34.8 Å². The predicted octanol–water partition coefficient (Wildman–Crippen LogP) is -0.559. The Morgan fingerprint density at radius 1 is 1.73 bits per heavy atom. The minimum Gasteiger partial charge on any atom is -0.354 e. The lowest BCUT2D eigenvalue weighted by Crippen LogP contribution is -2.32. The average Bonchev–Trinajstić information content (AvgIpc) is 2.77. The molecule has 1 atom stereocenters. The average molecular weight is 208 g/mol. The molecule has 2 N–H and O–H groups in total. The highest BCUT2D eigenvalue weighted by atomic mass is 16.1. The maximum atomic E-state index is 10.9. The molecule has 0 bridgehead atoms. The Bertz CT molecular complexity index is 347. The van der Waals surface area contributed by atoms with Crippen LogP contribution in [0.25, 0.3) is 0 Å². The minimum absolute atomic E-state index is 0.146. The Hall–Kier alpha value is -1.36. The monoisotopic (exact) mass is 208 g/mol. The number of carbonyl (C=O) groups excluding carboxylic acids is 1. The number of nitrogens with zero attached hydrogens (tertiary/aromatic N) is 2. The van der Waals surface area contributed by atoms with Crippen LogP contribution in [0, 0.1) is 0 Å². The number of hydrogen-bond acceptors (Lipinski definition) is 3. The maximum Gasteiger partial charge on any atom is 0.221 e. The highest BCUT2D eigenvalue weighted by Gasteiger charge is 2.20. The van der Waals surface area contributed by atoms with Crippen LogP contribution in [0.2, 0.25) is 0 Å². The van der Waals surface area contributed by atoms with E-state index in [4.69, 9.17) is 0 Å². The minimum atomic E-state index is 0.146. The number of nitrogens with one attached hydrogen (secondary N) is 2. The van der Waals surface area contributed by atoms with Crippen LogP contribution in [0.15, 0.2) is 12.3 Å². The van der Waals surface area contributed by atoms with Gasteiger partial charge in [-0.1, -0.05) is 0 Å². The van der Waals surface area contributed by atoms with E-state index in [-0.39, 0.29) is 5.91 Å². The molecule has 0 radical (unpaired) electrons. The number of aryl methyl sites for hydroxylation is 1. The Kier molecular flexibility index (Phi) is 3.01. The molecule has 0 aromatic carbocycles. The fraction of sp³-hybridized carbons (Fsp3) is 0.600. The third kappa shape index (κ3) is 2.56. The van der Waals surface area contributed by atoms with Gasteiger partial charge >= 0.3 is 0 Å². The zero-order valence-corrected chi connectivity index (χ0v) is 8.86. The lowest BCUT2D eigenvalue weighted by Gasteiger charge is -2.09. The Morgan fingerprint density at radius 2 is 2.60 bits per heavy atom. The second-order valence-electron chi connectivity index (χ2n) is 3.86. The summed E-state index contributed by atoms with van der Waals surface area (Å²) in [6, 6.07) is 2.31. The van der Waals surface area contributed by atoms with Gasteiger partial charge in [-0.2, -0.15) is 5.10 Å². The highest BCUT2D eigenvalue weighted by molar-refractivity contribution is 5.78. The second kappa shape index (κ2) is 4.44. The van der Waals surface area contributed by atoms with Gasteiger partial charge in [0, 0.05) is 50.9 Å². The first-order valence-electron chi connectivity index (χ1n) is 5.22. The third-order valence-corrected chi connectivity index (χ3v) is 2.71. The summed E-state index contributed by atoms with van der Waals surface area (Å²) in [7, 11) is 1.94. The van der Waals surface area contributed by atoms with E-state index in [2.05, 4.69) is 15.7 Å². The highest BCUT2D eigenvalue weighted by Crippen LogP contribution is 2.00. The first-order chi connectivity index (χ1) is 7.25. The number of carbonyl (C=O) groups is 1. The van der Waals surface area contributed by atoms with Crippen LogP contribution in [0.4, 0.5) is 0 Å². The van der Waals surface area contributed by atoms with Gasteiger partial charge in [-0.05, 0) is 6.07 Å². The lowest BCUT2D eigenvalue weighted by atomic mass is 10.2. The van der Waals surface area contributed by atoms with E-state index in [0.29, 0.717) is 12.5 Å². The predicted molar refractivity (Wildman–Crippen MR) is 56.3 cm³/mol. The second-order valence-corrected chi connectivity index (χ2v) is 3.86. The molecule has 1 aromatic rings. The molecule has 1 saturated heterocycles. The van der Waals surface area contributed by atoms with Crippen molar-refractivity contribution in [2.45, 2.75) is 18.9 Å². The third-order valence-electron chi connectivity index (χ3n) is 2.71. The van der Waals surface area contributed by atoms with E-state index < -0.39 is 0 Å². The fourth-order valence-electron chi connectivity index (χ4n) is 1.80. The molecule has 15 heavy (non-hydrogen) atoms. The first kappa shape index (κ1) is 10.2. The van der Waals surface area contributed by atoms with Gasteiger partial charge in [-0.25, -0.2) is 0 Å². The Labute approximate surface area is 88.8 Å². The van der Waals surface area contributed by atoms with E-state index >= 15 is 0 Å². The summed E-state index contributed by atoms with van der Waals surface area (Å²) in [5, 5.41) is 10.3. The quantitative estimate of drug-likeness (QED) is 0.697. The van der Waals surface area contributed by atoms with E-state index in [1.165, 1.54) is 5.69 Å². The number of amides is 1. The van der Waals surface area contributed by atoms with Crippen LogP contribution in [0.1, 0.15) is 12.1 Å². The Morgan fingerprint density at radius 3 is 3.20 bits per heavy atom. The number of hydrogen-bond donors (Lipinski definition) is 2. The molecule has 2 rings (SSSR count). The van der Waals surface area contributed by atoms with Crippen molar-refractivity contribution in [2.75, 3.05) is 13.1 Å². The summed E-state index contributed by atoms with van der Waals surface area (Å²) in [5.41, 5.74) is 1.21. The summed E-state index contributed by atoms with van der Waals surface area (Å²) >= 11 is 0. The molecule has 1 aromatic heterocycles. The topological polar surface area (TPSA) is 59.0 Å². The molecule has 1 aliphatic rings. The van der Waals surface area contributed by atoms with Crippen molar-refractivity contribution in [1.29, 1.82) is 0 Å². The van der Waals surface area contributed by atoms with Gasteiger partial charge in [0.2, 0.25) is 5.91 Å². The van der Waals surface area contributed by atoms with E-state index in [0.717, 1.165) is 19.5 Å². The molecule has 1 aliphatic heterocycles. The Balaban J connectivity index is 1.71. The van der Waals surface area contributed by atoms with Crippen molar-refractivity contribution in [2.24, 2.45) is 7.05 Å². The van der Waals surface area contributed by atoms with Gasteiger partial charge in [0.25, 0.3) is 0 Å². The van der Waals surface area contributed by atoms with Crippen LogP contribution >= 0.6 is 0 Å². The summed E-state index contributed by atoms with van der Waals surface area (Å²) in [5.74, 6) is 0.146. The van der Waals surface area contributed by atoms with Gasteiger partial charge < -0.3 is 10.6 Å². The van der Waals surface area contributed by atoms with Gasteiger partial charge in [-0.15, -0.1) is 0 Å². The fourth-order valence-corrected chi connectivity index (χ4v) is 1.80. The van der Waals surface area contributed by atoms with E-state index in [9.17, 15) is 4.79 Å². The van der Waals surface area contributed by atoms with Crippen LogP contribution in [0.5, 0.6) is 0 Å². The molecular formula is C10H16N4O. The van der Waals surface area contributed by atoms with Crippen LogP contribution < -0.4 is 10.6 Å². The first-order valence-corrected chi connectivity index (χ1v) is 5.22.